The van der Waals surface area contributed by atoms with Crippen LogP contribution >= 0.6 is 0 Å². The lowest BCUT2D eigenvalue weighted by atomic mass is 10.1. The number of halogens is 1. The Morgan fingerprint density at radius 2 is 2.14 bits per heavy atom. The van der Waals surface area contributed by atoms with Gasteiger partial charge in [0.05, 0.1) is 13.2 Å². The molecule has 0 aromatic heterocycles. The number of aliphatic imine (C=N–C) groups is 1. The molecule has 2 aliphatic heterocycles. The maximum atomic E-state index is 14.0. The van der Waals surface area contributed by atoms with Gasteiger partial charge in [0, 0.05) is 42.5 Å². The van der Waals surface area contributed by atoms with Crippen molar-refractivity contribution >= 4 is 11.6 Å². The quantitative estimate of drug-likeness (QED) is 0.599. The Morgan fingerprint density at radius 1 is 1.28 bits per heavy atom. The summed E-state index contributed by atoms with van der Waals surface area (Å²) in [7, 11) is 0. The average molecular weight is 398 g/mol. The number of ether oxygens (including phenoxy) is 2. The molecule has 154 valence electrons. The highest BCUT2D eigenvalue weighted by Gasteiger charge is 2.23. The van der Waals surface area contributed by atoms with E-state index in [2.05, 4.69) is 44.8 Å². The van der Waals surface area contributed by atoms with Gasteiger partial charge >= 0.3 is 0 Å². The summed E-state index contributed by atoms with van der Waals surface area (Å²) in [5, 5.41) is 6.81. The zero-order valence-electron chi connectivity index (χ0n) is 16.7. The van der Waals surface area contributed by atoms with Gasteiger partial charge in [0.25, 0.3) is 0 Å². The number of guanidine groups is 1. The second kappa shape index (κ2) is 9.13. The first-order valence-electron chi connectivity index (χ1n) is 10.1. The number of hydrogen-bond donors (Lipinski definition) is 2. The molecule has 1 fully saturated rings. The Balaban J connectivity index is 1.43. The Labute approximate surface area is 170 Å². The molecular formula is C22H27FN4O2. The highest BCUT2D eigenvalue weighted by atomic mass is 19.1. The van der Waals surface area contributed by atoms with Gasteiger partial charge in [-0.1, -0.05) is 18.2 Å². The maximum absolute atomic E-state index is 14.0. The van der Waals surface area contributed by atoms with Crippen LogP contribution in [0.25, 0.3) is 0 Å². The Bertz CT molecular complexity index is 859. The van der Waals surface area contributed by atoms with E-state index in [1.807, 2.05) is 13.0 Å². The number of fused-ring (bicyclic) bond motifs is 1. The third-order valence-electron chi connectivity index (χ3n) is 5.15. The Kier molecular flexibility index (Phi) is 6.14. The summed E-state index contributed by atoms with van der Waals surface area (Å²) in [6, 6.07) is 13.7. The number of anilines is 1. The van der Waals surface area contributed by atoms with Crippen molar-refractivity contribution in [3.05, 3.63) is 59.4 Å². The summed E-state index contributed by atoms with van der Waals surface area (Å²) in [4.78, 5) is 7.06. The molecule has 2 heterocycles. The van der Waals surface area contributed by atoms with Crippen LogP contribution in [0.15, 0.2) is 47.5 Å². The van der Waals surface area contributed by atoms with Crippen molar-refractivity contribution in [2.45, 2.75) is 32.5 Å². The molecule has 2 N–H and O–H groups in total. The van der Waals surface area contributed by atoms with Crippen LogP contribution in [0.2, 0.25) is 0 Å². The topological polar surface area (TPSA) is 58.1 Å². The van der Waals surface area contributed by atoms with Gasteiger partial charge in [-0.3, -0.25) is 0 Å². The number of rotatable bonds is 5. The van der Waals surface area contributed by atoms with Crippen molar-refractivity contribution in [3.63, 3.8) is 0 Å². The number of nitrogens with one attached hydrogen (secondary N) is 2. The van der Waals surface area contributed by atoms with Crippen LogP contribution in [-0.4, -0.2) is 38.4 Å². The van der Waals surface area contributed by atoms with Crippen molar-refractivity contribution in [2.24, 2.45) is 4.99 Å². The first kappa shape index (κ1) is 19.5. The zero-order valence-corrected chi connectivity index (χ0v) is 16.7. The smallest absolute Gasteiger partial charge is 0.191 e. The normalized spacial score (nSPS) is 18.9. The summed E-state index contributed by atoms with van der Waals surface area (Å²) < 4.78 is 24.8. The molecule has 0 aliphatic carbocycles. The maximum Gasteiger partial charge on any atom is 0.191 e. The molecule has 2 aromatic carbocycles. The van der Waals surface area contributed by atoms with Crippen molar-refractivity contribution in [1.29, 1.82) is 0 Å². The zero-order chi connectivity index (χ0) is 20.1. The van der Waals surface area contributed by atoms with E-state index >= 15 is 0 Å². The molecule has 1 atom stereocenters. The Hall–Kier alpha value is -2.80. The third kappa shape index (κ3) is 4.79. The predicted octanol–water partition coefficient (Wildman–Crippen LogP) is 3.03. The number of nitrogens with zero attached hydrogens (tertiary/aromatic N) is 2. The molecule has 7 heteroatoms. The van der Waals surface area contributed by atoms with Crippen LogP contribution < -0.4 is 20.3 Å². The van der Waals surface area contributed by atoms with E-state index in [0.717, 1.165) is 43.1 Å². The van der Waals surface area contributed by atoms with E-state index in [-0.39, 0.29) is 12.6 Å². The minimum absolute atomic E-state index is 0.186. The molecule has 0 radical (unpaired) electrons. The molecule has 6 nitrogen and oxygen atoms in total. The van der Waals surface area contributed by atoms with Gasteiger partial charge < -0.3 is 25.0 Å². The molecule has 0 spiro atoms. The van der Waals surface area contributed by atoms with E-state index in [1.165, 1.54) is 17.8 Å². The predicted molar refractivity (Wildman–Crippen MR) is 112 cm³/mol. The molecule has 1 saturated heterocycles. The molecule has 0 saturated carbocycles. The lowest BCUT2D eigenvalue weighted by Gasteiger charge is -2.21. The van der Waals surface area contributed by atoms with E-state index in [4.69, 9.17) is 9.47 Å². The van der Waals surface area contributed by atoms with Gasteiger partial charge in [0.1, 0.15) is 11.6 Å². The highest BCUT2D eigenvalue weighted by Crippen LogP contribution is 2.30. The Morgan fingerprint density at radius 3 is 2.97 bits per heavy atom. The first-order valence-corrected chi connectivity index (χ1v) is 10.1. The molecule has 1 unspecified atom stereocenters. The summed E-state index contributed by atoms with van der Waals surface area (Å²) >= 11 is 0. The van der Waals surface area contributed by atoms with E-state index in [9.17, 15) is 4.39 Å². The van der Waals surface area contributed by atoms with Crippen LogP contribution in [0, 0.1) is 5.82 Å². The number of para-hydroxylation sites is 1. The molecule has 29 heavy (non-hydrogen) atoms. The van der Waals surface area contributed by atoms with Crippen LogP contribution in [0.3, 0.4) is 0 Å². The van der Waals surface area contributed by atoms with Gasteiger partial charge in [-0.2, -0.15) is 0 Å². The number of hydrogen-bond acceptors (Lipinski definition) is 4. The lowest BCUT2D eigenvalue weighted by Crippen LogP contribution is -2.44. The van der Waals surface area contributed by atoms with Gasteiger partial charge in [-0.25, -0.2) is 9.38 Å². The van der Waals surface area contributed by atoms with Gasteiger partial charge in [-0.15, -0.1) is 0 Å². The van der Waals surface area contributed by atoms with Crippen LogP contribution in [0.4, 0.5) is 10.1 Å². The van der Waals surface area contributed by atoms with Gasteiger partial charge in [-0.05, 0) is 37.6 Å². The second-order valence-electron chi connectivity index (χ2n) is 7.27. The van der Waals surface area contributed by atoms with Crippen molar-refractivity contribution in [2.75, 3.05) is 31.3 Å². The first-order chi connectivity index (χ1) is 14.2. The van der Waals surface area contributed by atoms with Crippen LogP contribution in [-0.2, 0) is 17.9 Å². The van der Waals surface area contributed by atoms with E-state index in [0.29, 0.717) is 24.9 Å². The summed E-state index contributed by atoms with van der Waals surface area (Å²) in [5.41, 5.74) is 2.70. The molecule has 0 bridgehead atoms. The fraction of sp³-hybridized carbons (Fsp3) is 0.409. The monoisotopic (exact) mass is 398 g/mol. The fourth-order valence-electron chi connectivity index (χ4n) is 3.80. The molecule has 2 aliphatic rings. The minimum Gasteiger partial charge on any atom is -0.467 e. The van der Waals surface area contributed by atoms with Crippen LogP contribution in [0.5, 0.6) is 5.75 Å². The molecular weight excluding hydrogens is 371 g/mol. The SMILES string of the molecule is CCNC(=NCc1cc(F)cc2c1OCOC2)NC1CCN(c2ccccc2)C1. The largest absolute Gasteiger partial charge is 0.467 e. The van der Waals surface area contributed by atoms with Crippen LogP contribution in [0.1, 0.15) is 24.5 Å². The van der Waals surface area contributed by atoms with Crippen molar-refractivity contribution in [3.8, 4) is 5.75 Å². The van der Waals surface area contributed by atoms with E-state index < -0.39 is 0 Å². The lowest BCUT2D eigenvalue weighted by molar-refractivity contribution is -0.0172. The van der Waals surface area contributed by atoms with E-state index in [1.54, 1.807) is 0 Å². The highest BCUT2D eigenvalue weighted by molar-refractivity contribution is 5.80. The molecule has 4 rings (SSSR count). The molecule has 0 amide bonds. The standard InChI is InChI=1S/C22H27FN4O2/c1-2-24-22(26-19-8-9-27(13-19)20-6-4-3-5-7-20)25-12-16-10-18(23)11-17-14-28-15-29-21(16)17/h3-7,10-11,19H,2,8-9,12-15H2,1H3,(H2,24,25,26). The fourth-order valence-corrected chi connectivity index (χ4v) is 3.80. The van der Waals surface area contributed by atoms with Gasteiger partial charge in [0.2, 0.25) is 0 Å². The number of benzene rings is 2. The second-order valence-corrected chi connectivity index (χ2v) is 7.27. The van der Waals surface area contributed by atoms with Crippen molar-refractivity contribution in [1.82, 2.24) is 10.6 Å². The summed E-state index contributed by atoms with van der Waals surface area (Å²) in [6.07, 6.45) is 1.04. The summed E-state index contributed by atoms with van der Waals surface area (Å²) in [6.45, 7) is 5.60. The molecule has 2 aromatic rings. The minimum atomic E-state index is -0.296. The summed E-state index contributed by atoms with van der Waals surface area (Å²) in [5.74, 6) is 1.13. The van der Waals surface area contributed by atoms with Gasteiger partial charge in [0.15, 0.2) is 12.8 Å². The third-order valence-corrected chi connectivity index (χ3v) is 5.15. The average Bonchev–Trinajstić information content (AvgIpc) is 3.21. The van der Waals surface area contributed by atoms with Crippen molar-refractivity contribution < 1.29 is 13.9 Å².